The van der Waals surface area contributed by atoms with Crippen LogP contribution in [0.15, 0.2) is 83.8 Å². The van der Waals surface area contributed by atoms with Crippen molar-refractivity contribution in [2.24, 2.45) is 0 Å². The fourth-order valence-electron chi connectivity index (χ4n) is 3.62. The van der Waals surface area contributed by atoms with Gasteiger partial charge in [-0.25, -0.2) is 4.39 Å². The molecule has 0 aliphatic heterocycles. The van der Waals surface area contributed by atoms with E-state index in [2.05, 4.69) is 5.32 Å². The molecule has 0 saturated heterocycles. The quantitative estimate of drug-likeness (QED) is 0.271. The highest BCUT2D eigenvalue weighted by molar-refractivity contribution is 7.99. The minimum absolute atomic E-state index is 0.0285. The molecular formula is C27H28ClFN2O2S. The van der Waals surface area contributed by atoms with Gasteiger partial charge in [0.2, 0.25) is 11.8 Å². The molecule has 1 atom stereocenters. The van der Waals surface area contributed by atoms with Crippen LogP contribution in [0.4, 0.5) is 4.39 Å². The molecule has 2 amide bonds. The number of amides is 2. The fourth-order valence-corrected chi connectivity index (χ4v) is 4.60. The number of hydrogen-bond donors (Lipinski definition) is 1. The second-order valence-electron chi connectivity index (χ2n) is 7.84. The standard InChI is InChI=1S/C27H28ClFN2O2S/c1-30-27(33)25(18-20-8-3-2-4-9-20)31(19-21-10-5-6-11-24(21)29)26(32)12-7-17-34-23-15-13-22(28)14-16-23/h2-6,8-11,13-16,25H,7,12,17-19H2,1H3,(H,30,33). The van der Waals surface area contributed by atoms with E-state index >= 15 is 0 Å². The molecule has 0 aliphatic carbocycles. The predicted molar refractivity (Wildman–Crippen MR) is 136 cm³/mol. The molecule has 0 bridgehead atoms. The molecule has 4 nitrogen and oxygen atoms in total. The number of carbonyl (C=O) groups excluding carboxylic acids is 2. The van der Waals surface area contributed by atoms with Crippen LogP contribution in [-0.2, 0) is 22.6 Å². The van der Waals surface area contributed by atoms with Crippen molar-refractivity contribution in [2.45, 2.75) is 36.7 Å². The van der Waals surface area contributed by atoms with Gasteiger partial charge in [-0.3, -0.25) is 9.59 Å². The molecule has 3 aromatic carbocycles. The number of nitrogens with zero attached hydrogens (tertiary/aromatic N) is 1. The van der Waals surface area contributed by atoms with Crippen LogP contribution in [0, 0.1) is 5.82 Å². The van der Waals surface area contributed by atoms with Crippen LogP contribution in [0.25, 0.3) is 0 Å². The summed E-state index contributed by atoms with van der Waals surface area (Å²) in [7, 11) is 1.55. The van der Waals surface area contributed by atoms with Crippen molar-refractivity contribution in [3.8, 4) is 0 Å². The van der Waals surface area contributed by atoms with E-state index in [9.17, 15) is 14.0 Å². The molecule has 0 spiro atoms. The van der Waals surface area contributed by atoms with Crippen molar-refractivity contribution in [1.82, 2.24) is 10.2 Å². The van der Waals surface area contributed by atoms with Gasteiger partial charge >= 0.3 is 0 Å². The zero-order valence-corrected chi connectivity index (χ0v) is 20.6. The molecule has 0 saturated carbocycles. The van der Waals surface area contributed by atoms with Crippen molar-refractivity contribution in [1.29, 1.82) is 0 Å². The Balaban J connectivity index is 1.75. The third kappa shape index (κ3) is 7.61. The van der Waals surface area contributed by atoms with Crippen LogP contribution < -0.4 is 5.32 Å². The monoisotopic (exact) mass is 498 g/mol. The number of carbonyl (C=O) groups is 2. The van der Waals surface area contributed by atoms with Crippen LogP contribution in [-0.4, -0.2) is 35.6 Å². The zero-order chi connectivity index (χ0) is 24.3. The summed E-state index contributed by atoms with van der Waals surface area (Å²) >= 11 is 7.58. The Bertz CT molecular complexity index is 1080. The maximum atomic E-state index is 14.5. The number of halogens is 2. The van der Waals surface area contributed by atoms with Crippen LogP contribution in [0.3, 0.4) is 0 Å². The molecule has 0 aromatic heterocycles. The number of hydrogen-bond acceptors (Lipinski definition) is 3. The Labute approximate surface area is 209 Å². The van der Waals surface area contributed by atoms with E-state index < -0.39 is 11.9 Å². The maximum absolute atomic E-state index is 14.5. The summed E-state index contributed by atoms with van der Waals surface area (Å²) in [5.41, 5.74) is 1.31. The molecule has 0 aliphatic rings. The van der Waals surface area contributed by atoms with Crippen LogP contribution >= 0.6 is 23.4 Å². The highest BCUT2D eigenvalue weighted by atomic mass is 35.5. The summed E-state index contributed by atoms with van der Waals surface area (Å²) in [6, 6.07) is 22.7. The lowest BCUT2D eigenvalue weighted by Crippen LogP contribution is -2.49. The van der Waals surface area contributed by atoms with Gasteiger partial charge in [-0.2, -0.15) is 0 Å². The normalized spacial score (nSPS) is 11.6. The average molecular weight is 499 g/mol. The summed E-state index contributed by atoms with van der Waals surface area (Å²) in [5, 5.41) is 3.36. The number of thioether (sulfide) groups is 1. The highest BCUT2D eigenvalue weighted by Crippen LogP contribution is 2.23. The van der Waals surface area contributed by atoms with E-state index in [-0.39, 0.29) is 24.8 Å². The van der Waals surface area contributed by atoms with Crippen molar-refractivity contribution < 1.29 is 14.0 Å². The lowest BCUT2D eigenvalue weighted by molar-refractivity contribution is -0.141. The molecular weight excluding hydrogens is 471 g/mol. The summed E-state index contributed by atoms with van der Waals surface area (Å²) in [4.78, 5) is 28.8. The van der Waals surface area contributed by atoms with Crippen LogP contribution in [0.1, 0.15) is 24.0 Å². The van der Waals surface area contributed by atoms with Gasteiger partial charge in [0.1, 0.15) is 11.9 Å². The number of likely N-dealkylation sites (N-methyl/N-ethyl adjacent to an activating group) is 1. The number of rotatable bonds is 11. The molecule has 3 rings (SSSR count). The summed E-state index contributed by atoms with van der Waals surface area (Å²) in [6.45, 7) is 0.0285. The van der Waals surface area contributed by atoms with Crippen molar-refractivity contribution in [3.63, 3.8) is 0 Å². The highest BCUT2D eigenvalue weighted by Gasteiger charge is 2.30. The van der Waals surface area contributed by atoms with E-state index in [1.54, 1.807) is 37.0 Å². The second kappa shape index (κ2) is 13.2. The minimum atomic E-state index is -0.747. The molecule has 0 fully saturated rings. The van der Waals surface area contributed by atoms with Gasteiger partial charge in [0.25, 0.3) is 0 Å². The lowest BCUT2D eigenvalue weighted by atomic mass is 10.0. The van der Waals surface area contributed by atoms with Gasteiger partial charge < -0.3 is 10.2 Å². The van der Waals surface area contributed by atoms with E-state index in [0.29, 0.717) is 23.4 Å². The predicted octanol–water partition coefficient (Wildman–Crippen LogP) is 5.74. The Morgan fingerprint density at radius 2 is 1.68 bits per heavy atom. The van der Waals surface area contributed by atoms with E-state index in [0.717, 1.165) is 16.2 Å². The first-order valence-corrected chi connectivity index (χ1v) is 12.5. The smallest absolute Gasteiger partial charge is 0.242 e. The first kappa shape index (κ1) is 25.8. The third-order valence-corrected chi connectivity index (χ3v) is 6.78. The van der Waals surface area contributed by atoms with Crippen LogP contribution in [0.5, 0.6) is 0 Å². The minimum Gasteiger partial charge on any atom is -0.357 e. The molecule has 1 unspecified atom stereocenters. The summed E-state index contributed by atoms with van der Waals surface area (Å²) < 4.78 is 14.5. The van der Waals surface area contributed by atoms with Gasteiger partial charge in [-0.15, -0.1) is 11.8 Å². The maximum Gasteiger partial charge on any atom is 0.242 e. The van der Waals surface area contributed by atoms with Gasteiger partial charge in [-0.05, 0) is 48.1 Å². The molecule has 34 heavy (non-hydrogen) atoms. The molecule has 1 N–H and O–H groups in total. The van der Waals surface area contributed by atoms with Crippen molar-refractivity contribution >= 4 is 35.2 Å². The third-order valence-electron chi connectivity index (χ3n) is 5.43. The average Bonchev–Trinajstić information content (AvgIpc) is 2.86. The molecule has 7 heteroatoms. The van der Waals surface area contributed by atoms with Gasteiger partial charge in [0.05, 0.1) is 0 Å². The van der Waals surface area contributed by atoms with Gasteiger partial charge in [0.15, 0.2) is 0 Å². The SMILES string of the molecule is CNC(=O)C(Cc1ccccc1)N(Cc1ccccc1F)C(=O)CCCSc1ccc(Cl)cc1. The van der Waals surface area contributed by atoms with E-state index in [1.807, 2.05) is 54.6 Å². The number of nitrogens with one attached hydrogen (secondary N) is 1. The van der Waals surface area contributed by atoms with Crippen molar-refractivity contribution in [2.75, 3.05) is 12.8 Å². The Hall–Kier alpha value is -2.83. The fraction of sp³-hybridized carbons (Fsp3) is 0.259. The van der Waals surface area contributed by atoms with Crippen LogP contribution in [0.2, 0.25) is 5.02 Å². The summed E-state index contributed by atoms with van der Waals surface area (Å²) in [6.07, 6.45) is 1.24. The molecule has 3 aromatic rings. The Morgan fingerprint density at radius 3 is 2.35 bits per heavy atom. The topological polar surface area (TPSA) is 49.4 Å². The first-order valence-electron chi connectivity index (χ1n) is 11.1. The molecule has 0 heterocycles. The Morgan fingerprint density at radius 1 is 1.00 bits per heavy atom. The van der Waals surface area contributed by atoms with E-state index in [1.165, 1.54) is 11.0 Å². The van der Waals surface area contributed by atoms with Crippen molar-refractivity contribution in [3.05, 3.63) is 101 Å². The largest absolute Gasteiger partial charge is 0.357 e. The summed E-state index contributed by atoms with van der Waals surface area (Å²) in [5.74, 6) is -0.105. The number of benzene rings is 3. The van der Waals surface area contributed by atoms with Gasteiger partial charge in [0, 0.05) is 41.9 Å². The van der Waals surface area contributed by atoms with Gasteiger partial charge in [-0.1, -0.05) is 60.1 Å². The second-order valence-corrected chi connectivity index (χ2v) is 9.44. The molecule has 178 valence electrons. The molecule has 0 radical (unpaired) electrons. The first-order chi connectivity index (χ1) is 16.5. The van der Waals surface area contributed by atoms with E-state index in [4.69, 9.17) is 11.6 Å². The lowest BCUT2D eigenvalue weighted by Gasteiger charge is -2.31. The zero-order valence-electron chi connectivity index (χ0n) is 19.0. The Kier molecular flexibility index (Phi) is 9.98.